The van der Waals surface area contributed by atoms with E-state index >= 15 is 0 Å². The maximum Gasteiger partial charge on any atom is 0.251 e. The van der Waals surface area contributed by atoms with Crippen LogP contribution in [0.4, 0.5) is 0 Å². The van der Waals surface area contributed by atoms with Gasteiger partial charge in [0, 0.05) is 19.7 Å². The van der Waals surface area contributed by atoms with Crippen molar-refractivity contribution in [2.45, 2.75) is 0 Å². The normalized spacial score (nSPS) is 11.5. The number of nitrogens with one attached hydrogen (secondary N) is 1. The molecule has 0 aliphatic carbocycles. The Morgan fingerprint density at radius 2 is 1.67 bits per heavy atom. The number of halogens is 2. The maximum absolute atomic E-state index is 11.3. The number of nitrogens with zero attached hydrogens (tertiary/aromatic N) is 3. The fraction of sp³-hybridized carbons (Fsp3) is 0.0667. The lowest BCUT2D eigenvalue weighted by Gasteiger charge is -1.99. The zero-order valence-corrected chi connectivity index (χ0v) is 16.4. The van der Waals surface area contributed by atoms with E-state index in [1.54, 1.807) is 18.3 Å². The molecule has 0 aliphatic rings. The monoisotopic (exact) mass is 470 g/mol. The van der Waals surface area contributed by atoms with Gasteiger partial charge in [-0.05, 0) is 24.3 Å². The first-order chi connectivity index (χ1) is 11.4. The molecule has 0 spiro atoms. The standard InChI is InChI=1S/C8H7BrN2O2S.C7H5BrN2/c1-14(12,13)11-8-4-2-3-7(9)6(8)5-10-11;8-6-2-1-3-7-5(6)4-9-10-7/h2-5H,1H3;1-4H,(H,9,10). The van der Waals surface area contributed by atoms with Crippen molar-refractivity contribution in [1.82, 2.24) is 19.4 Å². The van der Waals surface area contributed by atoms with Crippen LogP contribution >= 0.6 is 31.9 Å². The zero-order chi connectivity index (χ0) is 17.3. The molecule has 4 rings (SSSR count). The van der Waals surface area contributed by atoms with Crippen molar-refractivity contribution in [2.75, 3.05) is 6.26 Å². The minimum absolute atomic E-state index is 0.585. The van der Waals surface area contributed by atoms with Crippen molar-refractivity contribution >= 4 is 63.7 Å². The van der Waals surface area contributed by atoms with Gasteiger partial charge in [-0.15, -0.1) is 0 Å². The number of rotatable bonds is 1. The Morgan fingerprint density at radius 3 is 2.33 bits per heavy atom. The van der Waals surface area contributed by atoms with Gasteiger partial charge < -0.3 is 0 Å². The Kier molecular flexibility index (Phi) is 4.75. The maximum atomic E-state index is 11.3. The minimum atomic E-state index is -3.32. The molecule has 2 heterocycles. The molecule has 1 N–H and O–H groups in total. The largest absolute Gasteiger partial charge is 0.278 e. The van der Waals surface area contributed by atoms with Gasteiger partial charge in [0.25, 0.3) is 10.0 Å². The van der Waals surface area contributed by atoms with Gasteiger partial charge in [0.1, 0.15) is 0 Å². The molecule has 0 fully saturated rings. The van der Waals surface area contributed by atoms with Crippen molar-refractivity contribution in [3.63, 3.8) is 0 Å². The minimum Gasteiger partial charge on any atom is -0.278 e. The molecule has 24 heavy (non-hydrogen) atoms. The Hall–Kier alpha value is -1.71. The predicted molar refractivity (Wildman–Crippen MR) is 101 cm³/mol. The summed E-state index contributed by atoms with van der Waals surface area (Å²) in [5.41, 5.74) is 1.65. The van der Waals surface area contributed by atoms with Crippen LogP contribution in [0.25, 0.3) is 21.8 Å². The smallest absolute Gasteiger partial charge is 0.251 e. The van der Waals surface area contributed by atoms with E-state index in [1.807, 2.05) is 24.3 Å². The Morgan fingerprint density at radius 1 is 1.00 bits per heavy atom. The summed E-state index contributed by atoms with van der Waals surface area (Å²) in [6.07, 6.45) is 4.46. The Balaban J connectivity index is 0.000000149. The average molecular weight is 472 g/mol. The van der Waals surface area contributed by atoms with Gasteiger partial charge in [-0.2, -0.15) is 14.3 Å². The van der Waals surface area contributed by atoms with Crippen LogP contribution < -0.4 is 0 Å². The van der Waals surface area contributed by atoms with E-state index in [2.05, 4.69) is 47.2 Å². The first-order valence-electron chi connectivity index (χ1n) is 6.78. The van der Waals surface area contributed by atoms with E-state index in [0.717, 1.165) is 35.6 Å². The summed E-state index contributed by atoms with van der Waals surface area (Å²) >= 11 is 6.74. The fourth-order valence-corrected chi connectivity index (χ4v) is 3.85. The molecule has 2 aromatic heterocycles. The summed E-state index contributed by atoms with van der Waals surface area (Å²) in [7, 11) is -3.32. The van der Waals surface area contributed by atoms with Crippen LogP contribution in [0.5, 0.6) is 0 Å². The van der Waals surface area contributed by atoms with Gasteiger partial charge in [0.15, 0.2) is 0 Å². The quantitative estimate of drug-likeness (QED) is 0.456. The number of hydrogen-bond acceptors (Lipinski definition) is 4. The van der Waals surface area contributed by atoms with Gasteiger partial charge >= 0.3 is 0 Å². The second-order valence-corrected chi connectivity index (χ2v) is 8.51. The Labute approximate surface area is 155 Å². The second-order valence-electron chi connectivity index (χ2n) is 4.99. The third-order valence-corrected chi connectivity index (χ3v) is 5.58. The summed E-state index contributed by atoms with van der Waals surface area (Å²) < 4.78 is 25.5. The highest BCUT2D eigenvalue weighted by molar-refractivity contribution is 9.11. The molecule has 6 nitrogen and oxygen atoms in total. The SMILES string of the molecule is Brc1cccc2[nH]ncc12.CS(=O)(=O)n1ncc2c(Br)cccc21. The van der Waals surface area contributed by atoms with Crippen LogP contribution in [0, 0.1) is 0 Å². The summed E-state index contributed by atoms with van der Waals surface area (Å²) in [6.45, 7) is 0. The molecular weight excluding hydrogens is 460 g/mol. The van der Waals surface area contributed by atoms with Gasteiger partial charge in [-0.25, -0.2) is 8.42 Å². The van der Waals surface area contributed by atoms with Gasteiger partial charge in [-0.3, -0.25) is 5.10 Å². The van der Waals surface area contributed by atoms with E-state index < -0.39 is 10.0 Å². The lowest BCUT2D eigenvalue weighted by atomic mass is 10.3. The molecule has 0 saturated heterocycles. The summed E-state index contributed by atoms with van der Waals surface area (Å²) in [6, 6.07) is 11.3. The summed E-state index contributed by atoms with van der Waals surface area (Å²) in [5.74, 6) is 0. The second kappa shape index (κ2) is 6.66. The highest BCUT2D eigenvalue weighted by atomic mass is 79.9. The van der Waals surface area contributed by atoms with Crippen molar-refractivity contribution in [2.24, 2.45) is 0 Å². The van der Waals surface area contributed by atoms with E-state index in [0.29, 0.717) is 5.52 Å². The van der Waals surface area contributed by atoms with Gasteiger partial charge in [-0.1, -0.05) is 44.0 Å². The summed E-state index contributed by atoms with van der Waals surface area (Å²) in [4.78, 5) is 0. The fourth-order valence-electron chi connectivity index (χ4n) is 2.19. The third-order valence-electron chi connectivity index (χ3n) is 3.27. The van der Waals surface area contributed by atoms with E-state index in [1.165, 1.54) is 6.20 Å². The lowest BCUT2D eigenvalue weighted by Crippen LogP contribution is -2.10. The lowest BCUT2D eigenvalue weighted by molar-refractivity contribution is 0.588. The first-order valence-corrected chi connectivity index (χ1v) is 10.2. The molecule has 9 heteroatoms. The highest BCUT2D eigenvalue weighted by Gasteiger charge is 2.12. The van der Waals surface area contributed by atoms with Crippen LogP contribution in [-0.2, 0) is 10.0 Å². The van der Waals surface area contributed by atoms with Crippen LogP contribution in [0.1, 0.15) is 0 Å². The number of H-pyrrole nitrogens is 1. The number of benzene rings is 2. The van der Waals surface area contributed by atoms with Crippen LogP contribution in [0.3, 0.4) is 0 Å². The molecule has 124 valence electrons. The molecular formula is C15H12Br2N4O2S. The zero-order valence-electron chi connectivity index (χ0n) is 12.4. The average Bonchev–Trinajstić information content (AvgIpc) is 3.14. The molecule has 0 unspecified atom stereocenters. The van der Waals surface area contributed by atoms with Crippen LogP contribution in [0.15, 0.2) is 57.7 Å². The molecule has 0 bridgehead atoms. The number of aromatic amines is 1. The number of aromatic nitrogens is 4. The summed E-state index contributed by atoms with van der Waals surface area (Å²) in [5, 5.41) is 12.5. The molecule has 0 saturated carbocycles. The molecule has 0 aliphatic heterocycles. The van der Waals surface area contributed by atoms with Crippen LogP contribution in [-0.4, -0.2) is 34.1 Å². The molecule has 0 amide bonds. The van der Waals surface area contributed by atoms with E-state index in [4.69, 9.17) is 0 Å². The molecule has 2 aromatic carbocycles. The van der Waals surface area contributed by atoms with E-state index in [9.17, 15) is 8.42 Å². The highest BCUT2D eigenvalue weighted by Crippen LogP contribution is 2.23. The van der Waals surface area contributed by atoms with Gasteiger partial charge in [0.2, 0.25) is 0 Å². The Bertz CT molecular complexity index is 1120. The topological polar surface area (TPSA) is 80.6 Å². The number of hydrogen-bond donors (Lipinski definition) is 1. The molecule has 0 radical (unpaired) electrons. The number of fused-ring (bicyclic) bond motifs is 2. The van der Waals surface area contributed by atoms with E-state index in [-0.39, 0.29) is 0 Å². The van der Waals surface area contributed by atoms with Crippen molar-refractivity contribution in [1.29, 1.82) is 0 Å². The van der Waals surface area contributed by atoms with Gasteiger partial charge in [0.05, 0.1) is 29.7 Å². The van der Waals surface area contributed by atoms with Crippen molar-refractivity contribution in [3.05, 3.63) is 57.7 Å². The predicted octanol–water partition coefficient (Wildman–Crippen LogP) is 3.93. The first kappa shape index (κ1) is 17.1. The van der Waals surface area contributed by atoms with Crippen molar-refractivity contribution < 1.29 is 8.42 Å². The third kappa shape index (κ3) is 3.38. The van der Waals surface area contributed by atoms with Crippen LogP contribution in [0.2, 0.25) is 0 Å². The molecule has 0 atom stereocenters. The molecule has 4 aromatic rings. The van der Waals surface area contributed by atoms with Crippen molar-refractivity contribution in [3.8, 4) is 0 Å².